The summed E-state index contributed by atoms with van der Waals surface area (Å²) in [5, 5.41) is 0. The summed E-state index contributed by atoms with van der Waals surface area (Å²) in [5.74, 6) is 0. The Morgan fingerprint density at radius 2 is 0.769 bits per heavy atom. The Bertz CT molecular complexity index is 480. The monoisotopic (exact) mass is 418 g/mol. The summed E-state index contributed by atoms with van der Waals surface area (Å²) in [7, 11) is 0.410. The second kappa shape index (κ2) is 6.27. The van der Waals surface area contributed by atoms with E-state index in [1.807, 2.05) is 0 Å². The highest BCUT2D eigenvalue weighted by atomic mass is 19.3. The van der Waals surface area contributed by atoms with E-state index < -0.39 is 59.4 Å². The molecule has 156 valence electrons. The molecule has 0 saturated carbocycles. The molecule has 0 aliphatic carbocycles. The number of halogens is 12. The van der Waals surface area contributed by atoms with E-state index >= 15 is 0 Å². The standard InChI is InChI=1S/2C5H5F6NO/c2*1-12-3(6,7)2-13-5(10,11)4(12,8)9/h2*2H2,1H3. The quantitative estimate of drug-likeness (QED) is 0.445. The number of ether oxygens (including phenoxy) is 2. The molecule has 2 rings (SSSR count). The van der Waals surface area contributed by atoms with Crippen LogP contribution in [0, 0.1) is 0 Å². The van der Waals surface area contributed by atoms with Gasteiger partial charge < -0.3 is 9.47 Å². The van der Waals surface area contributed by atoms with Crippen LogP contribution in [0.1, 0.15) is 0 Å². The Hall–Kier alpha value is -1.00. The van der Waals surface area contributed by atoms with Gasteiger partial charge in [-0.25, -0.2) is 0 Å². The van der Waals surface area contributed by atoms with Crippen LogP contribution >= 0.6 is 0 Å². The highest BCUT2D eigenvalue weighted by Crippen LogP contribution is 2.47. The molecule has 0 aromatic rings. The number of hydrogen-bond acceptors (Lipinski definition) is 4. The number of hydrogen-bond donors (Lipinski definition) is 0. The van der Waals surface area contributed by atoms with Crippen LogP contribution < -0.4 is 0 Å². The van der Waals surface area contributed by atoms with E-state index in [1.54, 1.807) is 0 Å². The average molecular weight is 418 g/mol. The van der Waals surface area contributed by atoms with Crippen molar-refractivity contribution in [2.75, 3.05) is 27.3 Å². The Balaban J connectivity index is 0.000000260. The van der Waals surface area contributed by atoms with Crippen LogP contribution in [-0.2, 0) is 9.47 Å². The van der Waals surface area contributed by atoms with Crippen LogP contribution in [0.5, 0.6) is 0 Å². The van der Waals surface area contributed by atoms with Gasteiger partial charge in [0.15, 0.2) is 0 Å². The van der Waals surface area contributed by atoms with Crippen LogP contribution in [0.4, 0.5) is 52.7 Å². The number of likely N-dealkylation sites (N-methyl/N-ethyl adjacent to an activating group) is 2. The van der Waals surface area contributed by atoms with E-state index in [-0.39, 0.29) is 14.1 Å². The van der Waals surface area contributed by atoms with E-state index in [9.17, 15) is 52.7 Å². The molecular weight excluding hydrogens is 408 g/mol. The highest BCUT2D eigenvalue weighted by molar-refractivity contribution is 4.87. The fourth-order valence-electron chi connectivity index (χ4n) is 1.52. The molecule has 0 N–H and O–H groups in total. The van der Waals surface area contributed by atoms with Crippen molar-refractivity contribution in [1.82, 2.24) is 9.80 Å². The zero-order valence-electron chi connectivity index (χ0n) is 12.7. The Labute approximate surface area is 137 Å². The SMILES string of the molecule is CN1C(F)(F)COC(F)(F)C1(F)F.CN1C(F)(F)COC(F)(F)C1(F)F. The zero-order valence-corrected chi connectivity index (χ0v) is 12.7. The zero-order chi connectivity index (χ0) is 21.0. The number of rotatable bonds is 0. The summed E-state index contributed by atoms with van der Waals surface area (Å²) in [6.07, 6.45) is -9.77. The Morgan fingerprint density at radius 1 is 0.538 bits per heavy atom. The maximum Gasteiger partial charge on any atom is 0.435 e. The van der Waals surface area contributed by atoms with Crippen LogP contribution in [-0.4, -0.2) is 73.5 Å². The molecule has 4 nitrogen and oxygen atoms in total. The molecule has 0 aromatic heterocycles. The molecule has 16 heteroatoms. The molecule has 0 unspecified atom stereocenters. The van der Waals surface area contributed by atoms with Crippen LogP contribution in [0.3, 0.4) is 0 Å². The Kier molecular flexibility index (Phi) is 5.56. The maximum absolute atomic E-state index is 12.4. The van der Waals surface area contributed by atoms with Crippen molar-refractivity contribution in [2.24, 2.45) is 0 Å². The smallest absolute Gasteiger partial charge is 0.307 e. The molecule has 2 heterocycles. The third kappa shape index (κ3) is 3.68. The van der Waals surface area contributed by atoms with E-state index in [0.29, 0.717) is 0 Å². The van der Waals surface area contributed by atoms with Crippen LogP contribution in [0.15, 0.2) is 0 Å². The van der Waals surface area contributed by atoms with E-state index in [0.717, 1.165) is 0 Å². The predicted octanol–water partition coefficient (Wildman–Crippen LogP) is 3.45. The lowest BCUT2D eigenvalue weighted by Crippen LogP contribution is -2.66. The van der Waals surface area contributed by atoms with E-state index in [2.05, 4.69) is 9.47 Å². The molecule has 0 radical (unpaired) electrons. The van der Waals surface area contributed by atoms with Gasteiger partial charge in [0.05, 0.1) is 0 Å². The minimum absolute atomic E-state index is 0.205. The number of alkyl halides is 12. The first kappa shape index (κ1) is 23.0. The summed E-state index contributed by atoms with van der Waals surface area (Å²) >= 11 is 0. The van der Waals surface area contributed by atoms with Gasteiger partial charge in [0.1, 0.15) is 13.2 Å². The normalized spacial score (nSPS) is 31.6. The fraction of sp³-hybridized carbons (Fsp3) is 1.00. The molecule has 0 spiro atoms. The molecule has 0 aromatic carbocycles. The fourth-order valence-corrected chi connectivity index (χ4v) is 1.52. The van der Waals surface area contributed by atoms with Crippen molar-refractivity contribution >= 4 is 0 Å². The molecule has 26 heavy (non-hydrogen) atoms. The van der Waals surface area contributed by atoms with E-state index in [4.69, 9.17) is 0 Å². The lowest BCUT2D eigenvalue weighted by Gasteiger charge is -2.41. The average Bonchev–Trinajstić information content (AvgIpc) is 2.48. The van der Waals surface area contributed by atoms with Crippen molar-refractivity contribution < 1.29 is 62.2 Å². The van der Waals surface area contributed by atoms with Gasteiger partial charge in [-0.05, 0) is 14.1 Å². The van der Waals surface area contributed by atoms with Gasteiger partial charge in [0.25, 0.3) is 0 Å². The largest absolute Gasteiger partial charge is 0.435 e. The second-order valence-corrected chi connectivity index (χ2v) is 5.14. The molecular formula is C10H10F12N2O2. The first-order chi connectivity index (χ1) is 11.2. The molecule has 2 aliphatic rings. The van der Waals surface area contributed by atoms with Gasteiger partial charge in [-0.1, -0.05) is 0 Å². The van der Waals surface area contributed by atoms with Gasteiger partial charge in [0, 0.05) is 0 Å². The van der Waals surface area contributed by atoms with Crippen molar-refractivity contribution in [1.29, 1.82) is 0 Å². The van der Waals surface area contributed by atoms with Gasteiger partial charge in [-0.2, -0.15) is 62.5 Å². The van der Waals surface area contributed by atoms with Crippen molar-refractivity contribution in [3.63, 3.8) is 0 Å². The van der Waals surface area contributed by atoms with Gasteiger partial charge in [-0.3, -0.25) is 0 Å². The summed E-state index contributed by atoms with van der Waals surface area (Å²) in [6, 6.07) is -18.2. The Morgan fingerprint density at radius 3 is 0.962 bits per heavy atom. The minimum atomic E-state index is -5.01. The molecule has 2 aliphatic heterocycles. The summed E-state index contributed by atoms with van der Waals surface area (Å²) < 4.78 is 155. The maximum atomic E-state index is 12.4. The molecule has 0 amide bonds. The predicted molar refractivity (Wildman–Crippen MR) is 57.1 cm³/mol. The number of nitrogens with zero attached hydrogens (tertiary/aromatic N) is 2. The van der Waals surface area contributed by atoms with Crippen molar-refractivity contribution in [3.05, 3.63) is 0 Å². The molecule has 0 bridgehead atoms. The summed E-state index contributed by atoms with van der Waals surface area (Å²) in [6.45, 7) is -3.52. The summed E-state index contributed by atoms with van der Waals surface area (Å²) in [4.78, 5) is -1.99. The van der Waals surface area contributed by atoms with Gasteiger partial charge >= 0.3 is 36.4 Å². The van der Waals surface area contributed by atoms with Gasteiger partial charge in [0.2, 0.25) is 0 Å². The van der Waals surface area contributed by atoms with Crippen molar-refractivity contribution in [2.45, 2.75) is 36.4 Å². The number of morpholine rings is 2. The first-order valence-corrected chi connectivity index (χ1v) is 6.25. The third-order valence-electron chi connectivity index (χ3n) is 3.38. The first-order valence-electron chi connectivity index (χ1n) is 6.25. The van der Waals surface area contributed by atoms with Crippen LogP contribution in [0.25, 0.3) is 0 Å². The second-order valence-electron chi connectivity index (χ2n) is 5.14. The highest BCUT2D eigenvalue weighted by Gasteiger charge is 2.71. The third-order valence-corrected chi connectivity index (χ3v) is 3.38. The lowest BCUT2D eigenvalue weighted by atomic mass is 10.3. The minimum Gasteiger partial charge on any atom is -0.307 e. The lowest BCUT2D eigenvalue weighted by molar-refractivity contribution is -0.465. The van der Waals surface area contributed by atoms with Gasteiger partial charge in [-0.15, -0.1) is 0 Å². The molecule has 0 atom stereocenters. The molecule has 2 fully saturated rings. The van der Waals surface area contributed by atoms with Crippen molar-refractivity contribution in [3.8, 4) is 0 Å². The molecule has 2 saturated heterocycles. The van der Waals surface area contributed by atoms with E-state index in [1.165, 1.54) is 0 Å². The topological polar surface area (TPSA) is 24.9 Å². The van der Waals surface area contributed by atoms with Crippen LogP contribution in [0.2, 0.25) is 0 Å². The summed E-state index contributed by atoms with van der Waals surface area (Å²) in [5.41, 5.74) is 0.